The fraction of sp³-hybridized carbons (Fsp3) is 0.632. The Hall–Kier alpha value is -1.67. The monoisotopic (exact) mass is 824 g/mol. The molecule has 0 N–H and O–H groups in total. The SMILES string of the molecule is CC(C)c1cccc(C(C)C)c1N=C([O-])C(C)(C)C.CC(C)c1cccc(C(C)C)c1N=C([O-])C(C)(C)C.C[N-]C.C[N-]C.[Cl-].[Ta+5]. The summed E-state index contributed by atoms with van der Waals surface area (Å²) in [5.41, 5.74) is 5.52. The van der Waals surface area contributed by atoms with Crippen LogP contribution in [-0.4, -0.2) is 40.0 Å². The zero-order valence-corrected chi connectivity index (χ0v) is 36.2. The van der Waals surface area contributed by atoms with Gasteiger partial charge in [0.2, 0.25) is 0 Å². The molecule has 0 bridgehead atoms. The van der Waals surface area contributed by atoms with E-state index in [-0.39, 0.29) is 46.6 Å². The van der Waals surface area contributed by atoms with Crippen LogP contribution in [0.15, 0.2) is 46.4 Å². The van der Waals surface area contributed by atoms with Gasteiger partial charge in [-0.25, -0.2) is 0 Å². The number of rotatable bonds is 6. The zero-order chi connectivity index (χ0) is 35.0. The van der Waals surface area contributed by atoms with Crippen molar-refractivity contribution in [3.63, 3.8) is 0 Å². The number of nitrogens with zero attached hydrogens (tertiary/aromatic N) is 4. The van der Waals surface area contributed by atoms with Crippen LogP contribution >= 0.6 is 0 Å². The smallest absolute Gasteiger partial charge is 1.00 e. The molecule has 0 fully saturated rings. The Morgan fingerprint density at radius 3 is 0.826 bits per heavy atom. The predicted molar refractivity (Wildman–Crippen MR) is 193 cm³/mol. The Morgan fingerprint density at radius 1 is 0.522 bits per heavy atom. The van der Waals surface area contributed by atoms with Crippen molar-refractivity contribution < 1.29 is 45.0 Å². The molecule has 0 heterocycles. The minimum atomic E-state index is -0.432. The Morgan fingerprint density at radius 2 is 0.696 bits per heavy atom. The second-order valence-corrected chi connectivity index (χ2v) is 14.4. The van der Waals surface area contributed by atoms with Crippen LogP contribution in [0.3, 0.4) is 0 Å². The van der Waals surface area contributed by atoms with Gasteiger partial charge in [0.1, 0.15) is 0 Å². The minimum Gasteiger partial charge on any atom is -1.00 e. The van der Waals surface area contributed by atoms with Gasteiger partial charge in [0.15, 0.2) is 0 Å². The Labute approximate surface area is 305 Å². The van der Waals surface area contributed by atoms with Crippen molar-refractivity contribution in [1.29, 1.82) is 0 Å². The van der Waals surface area contributed by atoms with Crippen molar-refractivity contribution in [1.82, 2.24) is 0 Å². The van der Waals surface area contributed by atoms with E-state index in [1.165, 1.54) is 0 Å². The topological polar surface area (TPSA) is 99.0 Å². The summed E-state index contributed by atoms with van der Waals surface area (Å²) in [6, 6.07) is 12.4. The molecule has 0 saturated heterocycles. The average molecular weight is 825 g/mol. The largest absolute Gasteiger partial charge is 5.00 e. The molecule has 0 unspecified atom stereocenters. The van der Waals surface area contributed by atoms with E-state index < -0.39 is 10.8 Å². The van der Waals surface area contributed by atoms with Crippen molar-refractivity contribution in [3.05, 3.63) is 69.3 Å². The van der Waals surface area contributed by atoms with Crippen molar-refractivity contribution >= 4 is 23.2 Å². The van der Waals surface area contributed by atoms with E-state index in [1.807, 2.05) is 41.5 Å². The Bertz CT molecular complexity index is 1020. The maximum absolute atomic E-state index is 12.2. The first-order valence-electron chi connectivity index (χ1n) is 15.9. The first-order valence-corrected chi connectivity index (χ1v) is 15.9. The predicted octanol–water partition coefficient (Wildman–Crippen LogP) is 6.98. The number of benzene rings is 2. The summed E-state index contributed by atoms with van der Waals surface area (Å²) in [4.78, 5) is 8.87. The molecule has 2 aromatic rings. The standard InChI is InChI=1S/2C17H27NO.2C2H6N.ClH.Ta/c2*1-11(2)13-9-8-10-14(12(3)4)15(13)18-16(19)17(5,6)7;2*1-3-2;;/h2*8-12H,1-7H3,(H,18,19);2*1-2H3;1H;/q;;2*-1;;+5/p-3. The quantitative estimate of drug-likeness (QED) is 0.232. The zero-order valence-electron chi connectivity index (χ0n) is 32.2. The Balaban J connectivity index is -0.000000315. The molecule has 0 aliphatic rings. The van der Waals surface area contributed by atoms with Gasteiger partial charge >= 0.3 is 22.4 Å². The van der Waals surface area contributed by atoms with Gasteiger partial charge in [-0.2, -0.15) is 28.2 Å². The van der Waals surface area contributed by atoms with Gasteiger partial charge in [0.25, 0.3) is 0 Å². The van der Waals surface area contributed by atoms with E-state index in [0.29, 0.717) is 23.7 Å². The number of aliphatic imine (C=N–C) groups is 2. The van der Waals surface area contributed by atoms with Crippen LogP contribution in [0.5, 0.6) is 0 Å². The molecule has 2 rings (SSSR count). The molecule has 0 aliphatic carbocycles. The van der Waals surface area contributed by atoms with Gasteiger partial charge < -0.3 is 33.3 Å². The van der Waals surface area contributed by atoms with Crippen LogP contribution < -0.4 is 22.6 Å². The summed E-state index contributed by atoms with van der Waals surface area (Å²) >= 11 is 0. The van der Waals surface area contributed by atoms with E-state index in [9.17, 15) is 10.2 Å². The maximum Gasteiger partial charge on any atom is 5.00 e. The van der Waals surface area contributed by atoms with Crippen LogP contribution in [0.2, 0.25) is 0 Å². The first kappa shape index (κ1) is 51.2. The molecule has 0 amide bonds. The van der Waals surface area contributed by atoms with E-state index >= 15 is 0 Å². The third-order valence-corrected chi connectivity index (χ3v) is 6.39. The maximum atomic E-state index is 12.2. The van der Waals surface area contributed by atoms with E-state index in [2.05, 4.69) is 112 Å². The molecule has 0 atom stereocenters. The van der Waals surface area contributed by atoms with Crippen molar-refractivity contribution in [2.24, 2.45) is 20.8 Å². The fourth-order valence-electron chi connectivity index (χ4n) is 3.82. The van der Waals surface area contributed by atoms with Crippen molar-refractivity contribution in [2.45, 2.75) is 121 Å². The number of para-hydroxylation sites is 2. The normalized spacial score (nSPS) is 11.9. The van der Waals surface area contributed by atoms with Crippen LogP contribution in [0.1, 0.15) is 143 Å². The molecule has 260 valence electrons. The molecule has 0 aromatic heterocycles. The Kier molecular flexibility index (Phi) is 27.2. The molecule has 6 nitrogen and oxygen atoms in total. The molecule has 0 aliphatic heterocycles. The van der Waals surface area contributed by atoms with Gasteiger partial charge in [-0.3, -0.25) is 9.98 Å². The second kappa shape index (κ2) is 24.5. The van der Waals surface area contributed by atoms with Crippen LogP contribution in [0.4, 0.5) is 11.4 Å². The van der Waals surface area contributed by atoms with Gasteiger partial charge in [0, 0.05) is 0 Å². The number of hydrogen-bond donors (Lipinski definition) is 0. The fourth-order valence-corrected chi connectivity index (χ4v) is 3.82. The molecular formula is C38H64ClN4O2Ta. The summed E-state index contributed by atoms with van der Waals surface area (Å²) in [6.07, 6.45) is 0. The number of halogens is 1. The van der Waals surface area contributed by atoms with Gasteiger partial charge in [-0.05, 0) is 68.6 Å². The first-order chi connectivity index (χ1) is 20.1. The second-order valence-electron chi connectivity index (χ2n) is 14.4. The van der Waals surface area contributed by atoms with Crippen molar-refractivity contribution in [2.75, 3.05) is 28.2 Å². The molecule has 2 aromatic carbocycles. The third kappa shape index (κ3) is 18.6. The van der Waals surface area contributed by atoms with E-state index in [0.717, 1.165) is 33.6 Å². The van der Waals surface area contributed by atoms with Gasteiger partial charge in [-0.15, -0.1) is 0 Å². The average Bonchev–Trinajstić information content (AvgIpc) is 2.88. The van der Waals surface area contributed by atoms with E-state index in [1.54, 1.807) is 28.2 Å². The van der Waals surface area contributed by atoms with Crippen molar-refractivity contribution in [3.8, 4) is 0 Å². The summed E-state index contributed by atoms with van der Waals surface area (Å²) in [5, 5.41) is 31.4. The minimum absolute atomic E-state index is 0. The van der Waals surface area contributed by atoms with E-state index in [4.69, 9.17) is 0 Å². The molecule has 0 radical (unpaired) electrons. The molecular weight excluding hydrogens is 761 g/mol. The van der Waals surface area contributed by atoms with Crippen LogP contribution in [0.25, 0.3) is 10.6 Å². The van der Waals surface area contributed by atoms with Gasteiger partial charge in [0.05, 0.1) is 11.4 Å². The van der Waals surface area contributed by atoms with Crippen LogP contribution in [-0.2, 0) is 22.4 Å². The summed E-state index contributed by atoms with van der Waals surface area (Å²) < 4.78 is 0. The van der Waals surface area contributed by atoms with Crippen LogP contribution in [0, 0.1) is 10.8 Å². The summed E-state index contributed by atoms with van der Waals surface area (Å²) in [6.45, 7) is 28.6. The van der Waals surface area contributed by atoms with Gasteiger partial charge in [-0.1, -0.05) is 133 Å². The molecule has 0 saturated carbocycles. The third-order valence-electron chi connectivity index (χ3n) is 6.39. The molecule has 0 spiro atoms. The molecule has 8 heteroatoms. The molecule has 46 heavy (non-hydrogen) atoms. The summed E-state index contributed by atoms with van der Waals surface area (Å²) in [5.74, 6) is 1.36. The summed E-state index contributed by atoms with van der Waals surface area (Å²) in [7, 11) is 7.00. The number of hydrogen-bond acceptors (Lipinski definition) is 4.